The second kappa shape index (κ2) is 7.25. The van der Waals surface area contributed by atoms with E-state index in [-0.39, 0.29) is 29.9 Å². The number of hydrogen-bond acceptors (Lipinski definition) is 3. The SMILES string of the molecule is CC(C)N1C(=O)c2ccc(NC(=O)NC3CCCCCC3)cc2C1=O. The number of amides is 4. The molecule has 0 spiro atoms. The van der Waals surface area contributed by atoms with Crippen LogP contribution in [0.2, 0.25) is 0 Å². The lowest BCUT2D eigenvalue weighted by molar-refractivity contribution is 0.0609. The summed E-state index contributed by atoms with van der Waals surface area (Å²) in [6.07, 6.45) is 6.76. The minimum Gasteiger partial charge on any atom is -0.335 e. The Labute approximate surface area is 148 Å². The topological polar surface area (TPSA) is 78.5 Å². The molecule has 0 unspecified atom stereocenters. The molecule has 0 atom stereocenters. The van der Waals surface area contributed by atoms with Gasteiger partial charge in [-0.2, -0.15) is 0 Å². The Morgan fingerprint density at radius 1 is 1.04 bits per heavy atom. The minimum absolute atomic E-state index is 0.192. The molecular weight excluding hydrogens is 318 g/mol. The van der Waals surface area contributed by atoms with Crippen LogP contribution in [0.25, 0.3) is 0 Å². The lowest BCUT2D eigenvalue weighted by Gasteiger charge is -2.17. The molecule has 4 amide bonds. The van der Waals surface area contributed by atoms with Crippen molar-refractivity contribution in [2.75, 3.05) is 5.32 Å². The van der Waals surface area contributed by atoms with Gasteiger partial charge in [-0.05, 0) is 44.9 Å². The molecule has 1 saturated carbocycles. The maximum atomic E-state index is 12.4. The third kappa shape index (κ3) is 3.67. The number of fused-ring (bicyclic) bond motifs is 1. The first-order valence-electron chi connectivity index (χ1n) is 9.07. The molecule has 2 aliphatic rings. The van der Waals surface area contributed by atoms with Crippen molar-refractivity contribution < 1.29 is 14.4 Å². The second-order valence-electron chi connectivity index (χ2n) is 7.12. The maximum Gasteiger partial charge on any atom is 0.319 e. The quantitative estimate of drug-likeness (QED) is 0.651. The summed E-state index contributed by atoms with van der Waals surface area (Å²) in [6, 6.07) is 4.62. The molecule has 6 nitrogen and oxygen atoms in total. The summed E-state index contributed by atoms with van der Waals surface area (Å²) >= 11 is 0. The van der Waals surface area contributed by atoms with Crippen LogP contribution in [-0.4, -0.2) is 34.8 Å². The predicted molar refractivity (Wildman–Crippen MR) is 95.7 cm³/mol. The van der Waals surface area contributed by atoms with Gasteiger partial charge < -0.3 is 10.6 Å². The molecule has 134 valence electrons. The molecule has 1 aliphatic carbocycles. The summed E-state index contributed by atoms with van der Waals surface area (Å²) in [5, 5.41) is 5.80. The molecule has 0 aromatic heterocycles. The summed E-state index contributed by atoms with van der Waals surface area (Å²) in [4.78, 5) is 38.2. The zero-order chi connectivity index (χ0) is 18.0. The molecule has 0 bridgehead atoms. The average molecular weight is 343 g/mol. The van der Waals surface area contributed by atoms with E-state index in [0.717, 1.165) is 25.7 Å². The van der Waals surface area contributed by atoms with Crippen LogP contribution in [0.5, 0.6) is 0 Å². The molecule has 2 N–H and O–H groups in total. The zero-order valence-electron chi connectivity index (χ0n) is 14.8. The number of benzene rings is 1. The highest BCUT2D eigenvalue weighted by Crippen LogP contribution is 2.27. The van der Waals surface area contributed by atoms with Crippen LogP contribution in [0.3, 0.4) is 0 Å². The van der Waals surface area contributed by atoms with Gasteiger partial charge in [-0.3, -0.25) is 14.5 Å². The largest absolute Gasteiger partial charge is 0.335 e. The Morgan fingerprint density at radius 3 is 2.32 bits per heavy atom. The van der Waals surface area contributed by atoms with E-state index in [1.807, 2.05) is 0 Å². The monoisotopic (exact) mass is 343 g/mol. The first-order chi connectivity index (χ1) is 12.0. The van der Waals surface area contributed by atoms with Crippen LogP contribution < -0.4 is 10.6 Å². The zero-order valence-corrected chi connectivity index (χ0v) is 14.8. The number of rotatable bonds is 3. The van der Waals surface area contributed by atoms with Crippen molar-refractivity contribution in [3.05, 3.63) is 29.3 Å². The highest BCUT2D eigenvalue weighted by Gasteiger charge is 2.37. The van der Waals surface area contributed by atoms with Crippen LogP contribution in [0, 0.1) is 0 Å². The first-order valence-corrected chi connectivity index (χ1v) is 9.07. The number of imide groups is 1. The van der Waals surface area contributed by atoms with Crippen molar-refractivity contribution in [2.24, 2.45) is 0 Å². The smallest absolute Gasteiger partial charge is 0.319 e. The lowest BCUT2D eigenvalue weighted by atomic mass is 10.1. The molecule has 1 heterocycles. The fourth-order valence-electron chi connectivity index (χ4n) is 3.58. The van der Waals surface area contributed by atoms with Gasteiger partial charge in [0, 0.05) is 17.8 Å². The van der Waals surface area contributed by atoms with E-state index in [1.54, 1.807) is 32.0 Å². The van der Waals surface area contributed by atoms with Gasteiger partial charge in [0.15, 0.2) is 0 Å². The van der Waals surface area contributed by atoms with Crippen LogP contribution in [0.15, 0.2) is 18.2 Å². The van der Waals surface area contributed by atoms with Gasteiger partial charge in [0.05, 0.1) is 11.1 Å². The number of anilines is 1. The van der Waals surface area contributed by atoms with Gasteiger partial charge in [0.2, 0.25) is 0 Å². The molecule has 0 saturated heterocycles. The van der Waals surface area contributed by atoms with Crippen molar-refractivity contribution >= 4 is 23.5 Å². The number of urea groups is 1. The summed E-state index contributed by atoms with van der Waals surface area (Å²) < 4.78 is 0. The van der Waals surface area contributed by atoms with Gasteiger partial charge in [-0.1, -0.05) is 25.7 Å². The van der Waals surface area contributed by atoms with E-state index in [0.29, 0.717) is 16.8 Å². The summed E-state index contributed by atoms with van der Waals surface area (Å²) in [5.41, 5.74) is 1.27. The fourth-order valence-corrected chi connectivity index (χ4v) is 3.58. The standard InChI is InChI=1S/C19H25N3O3/c1-12(2)22-17(23)15-10-9-14(11-16(15)18(22)24)21-19(25)20-13-7-5-3-4-6-8-13/h9-13H,3-8H2,1-2H3,(H2,20,21,25). The van der Waals surface area contributed by atoms with Gasteiger partial charge in [0.1, 0.15) is 0 Å². The summed E-state index contributed by atoms with van der Waals surface area (Å²) in [7, 11) is 0. The van der Waals surface area contributed by atoms with E-state index < -0.39 is 0 Å². The maximum absolute atomic E-state index is 12.4. The molecule has 6 heteroatoms. The number of carbonyl (C=O) groups is 3. The molecule has 3 rings (SSSR count). The van der Waals surface area contributed by atoms with E-state index in [2.05, 4.69) is 10.6 Å². The van der Waals surface area contributed by atoms with Gasteiger partial charge in [0.25, 0.3) is 11.8 Å². The number of nitrogens with one attached hydrogen (secondary N) is 2. The molecule has 1 fully saturated rings. The molecule has 0 radical (unpaired) electrons. The van der Waals surface area contributed by atoms with E-state index in [4.69, 9.17) is 0 Å². The average Bonchev–Trinajstić information content (AvgIpc) is 2.72. The van der Waals surface area contributed by atoms with Crippen molar-refractivity contribution in [1.29, 1.82) is 0 Å². The number of hydrogen-bond donors (Lipinski definition) is 2. The third-order valence-corrected chi connectivity index (χ3v) is 4.88. The number of carbonyl (C=O) groups excluding carboxylic acids is 3. The van der Waals surface area contributed by atoms with Gasteiger partial charge in [-0.25, -0.2) is 4.79 Å². The Kier molecular flexibility index (Phi) is 5.06. The molecule has 1 aliphatic heterocycles. The van der Waals surface area contributed by atoms with Gasteiger partial charge >= 0.3 is 6.03 Å². The second-order valence-corrected chi connectivity index (χ2v) is 7.12. The van der Waals surface area contributed by atoms with E-state index in [9.17, 15) is 14.4 Å². The van der Waals surface area contributed by atoms with Crippen LogP contribution in [0.1, 0.15) is 73.1 Å². The van der Waals surface area contributed by atoms with Crippen molar-refractivity contribution in [3.8, 4) is 0 Å². The number of nitrogens with zero attached hydrogens (tertiary/aromatic N) is 1. The summed E-state index contributed by atoms with van der Waals surface area (Å²) in [6.45, 7) is 3.61. The van der Waals surface area contributed by atoms with Crippen molar-refractivity contribution in [3.63, 3.8) is 0 Å². The highest BCUT2D eigenvalue weighted by atomic mass is 16.2. The Hall–Kier alpha value is -2.37. The first kappa shape index (κ1) is 17.5. The van der Waals surface area contributed by atoms with Crippen molar-refractivity contribution in [2.45, 2.75) is 64.5 Å². The Morgan fingerprint density at radius 2 is 1.68 bits per heavy atom. The lowest BCUT2D eigenvalue weighted by Crippen LogP contribution is -2.37. The highest BCUT2D eigenvalue weighted by molar-refractivity contribution is 6.22. The van der Waals surface area contributed by atoms with E-state index >= 15 is 0 Å². The van der Waals surface area contributed by atoms with Gasteiger partial charge in [-0.15, -0.1) is 0 Å². The molecule has 25 heavy (non-hydrogen) atoms. The minimum atomic E-state index is -0.303. The van der Waals surface area contributed by atoms with Crippen LogP contribution in [0.4, 0.5) is 10.5 Å². The normalized spacial score (nSPS) is 18.3. The van der Waals surface area contributed by atoms with Crippen molar-refractivity contribution in [1.82, 2.24) is 10.2 Å². The molecule has 1 aromatic rings. The fraction of sp³-hybridized carbons (Fsp3) is 0.526. The molecular formula is C19H25N3O3. The summed E-state index contributed by atoms with van der Waals surface area (Å²) in [5.74, 6) is -0.577. The third-order valence-electron chi connectivity index (χ3n) is 4.88. The van der Waals surface area contributed by atoms with Crippen LogP contribution >= 0.6 is 0 Å². The van der Waals surface area contributed by atoms with Crippen LogP contribution in [-0.2, 0) is 0 Å². The molecule has 1 aromatic carbocycles. The predicted octanol–water partition coefficient (Wildman–Crippen LogP) is 3.54. The van der Waals surface area contributed by atoms with E-state index in [1.165, 1.54) is 17.7 Å². The Bertz CT molecular complexity index is 691. The Balaban J connectivity index is 1.68.